The Labute approximate surface area is 93.0 Å². The molecule has 0 spiro atoms. The summed E-state index contributed by atoms with van der Waals surface area (Å²) in [4.78, 5) is 4.20. The van der Waals surface area contributed by atoms with Crippen molar-refractivity contribution < 1.29 is 9.05 Å². The summed E-state index contributed by atoms with van der Waals surface area (Å²) >= 11 is 0. The third kappa shape index (κ3) is 2.46. The maximum absolute atomic E-state index is 5.07. The van der Waals surface area contributed by atoms with Crippen LogP contribution >= 0.6 is 0 Å². The highest BCUT2D eigenvalue weighted by atomic mass is 16.5. The van der Waals surface area contributed by atoms with Gasteiger partial charge in [-0.05, 0) is 6.92 Å². The van der Waals surface area contributed by atoms with Crippen LogP contribution in [0.4, 0.5) is 0 Å². The van der Waals surface area contributed by atoms with Gasteiger partial charge in [0.25, 0.3) is 5.89 Å². The molecule has 0 atom stereocenters. The highest BCUT2D eigenvalue weighted by Crippen LogP contribution is 2.16. The lowest BCUT2D eigenvalue weighted by molar-refractivity contribution is 0.388. The van der Waals surface area contributed by atoms with Gasteiger partial charge < -0.3 is 14.4 Å². The van der Waals surface area contributed by atoms with E-state index in [1.165, 1.54) is 0 Å². The smallest absolute Gasteiger partial charge is 0.280 e. The lowest BCUT2D eigenvalue weighted by Gasteiger charge is -2.02. The zero-order valence-electron chi connectivity index (χ0n) is 9.52. The van der Waals surface area contributed by atoms with Gasteiger partial charge in [-0.25, -0.2) is 0 Å². The minimum Gasteiger partial charge on any atom is -0.361 e. The Bertz CT molecular complexity index is 461. The van der Waals surface area contributed by atoms with E-state index in [1.807, 2.05) is 6.92 Å². The Morgan fingerprint density at radius 1 is 1.31 bits per heavy atom. The summed E-state index contributed by atoms with van der Waals surface area (Å²) in [6.45, 7) is 6.51. The predicted octanol–water partition coefficient (Wildman–Crippen LogP) is 1.53. The molecule has 6 nitrogen and oxygen atoms in total. The summed E-state index contributed by atoms with van der Waals surface area (Å²) in [5.74, 6) is 1.72. The Hall–Kier alpha value is -1.69. The first-order valence-corrected chi connectivity index (χ1v) is 5.15. The average molecular weight is 222 g/mol. The maximum Gasteiger partial charge on any atom is 0.280 e. The molecule has 0 aliphatic heterocycles. The molecule has 0 aliphatic rings. The molecule has 2 aromatic rings. The number of aromatic nitrogens is 3. The molecule has 0 amide bonds. The van der Waals surface area contributed by atoms with Gasteiger partial charge in [-0.3, -0.25) is 0 Å². The van der Waals surface area contributed by atoms with E-state index in [2.05, 4.69) is 34.5 Å². The van der Waals surface area contributed by atoms with Crippen molar-refractivity contribution in [3.63, 3.8) is 0 Å². The number of aryl methyl sites for hydroxylation is 1. The molecule has 0 saturated heterocycles. The van der Waals surface area contributed by atoms with Crippen molar-refractivity contribution in [2.75, 3.05) is 0 Å². The molecule has 2 heterocycles. The van der Waals surface area contributed by atoms with Gasteiger partial charge in [0.2, 0.25) is 0 Å². The van der Waals surface area contributed by atoms with Gasteiger partial charge in [0.05, 0.1) is 6.54 Å². The Kier molecular flexibility index (Phi) is 3.00. The normalized spacial score (nSPS) is 11.2. The third-order valence-corrected chi connectivity index (χ3v) is 1.98. The predicted molar refractivity (Wildman–Crippen MR) is 56.5 cm³/mol. The third-order valence-electron chi connectivity index (χ3n) is 1.98. The Balaban J connectivity index is 2.07. The van der Waals surface area contributed by atoms with Crippen LogP contribution in [-0.2, 0) is 6.54 Å². The lowest BCUT2D eigenvalue weighted by Crippen LogP contribution is -2.22. The van der Waals surface area contributed by atoms with Crippen LogP contribution in [0.15, 0.2) is 15.1 Å². The SMILES string of the molecule is Cc1cc(-c2nc(CNC(C)C)no2)no1. The van der Waals surface area contributed by atoms with E-state index in [-0.39, 0.29) is 0 Å². The van der Waals surface area contributed by atoms with Gasteiger partial charge in [0.15, 0.2) is 11.5 Å². The Morgan fingerprint density at radius 3 is 2.75 bits per heavy atom. The van der Waals surface area contributed by atoms with Gasteiger partial charge in [0, 0.05) is 12.1 Å². The second-order valence-electron chi connectivity index (χ2n) is 3.87. The first kappa shape index (κ1) is 10.8. The second-order valence-corrected chi connectivity index (χ2v) is 3.87. The molecular weight excluding hydrogens is 208 g/mol. The molecule has 6 heteroatoms. The number of rotatable bonds is 4. The van der Waals surface area contributed by atoms with Crippen molar-refractivity contribution in [3.8, 4) is 11.6 Å². The molecule has 2 rings (SSSR count). The molecule has 1 N–H and O–H groups in total. The molecule has 0 aliphatic carbocycles. The van der Waals surface area contributed by atoms with E-state index in [9.17, 15) is 0 Å². The van der Waals surface area contributed by atoms with Crippen LogP contribution in [0.2, 0.25) is 0 Å². The molecule has 16 heavy (non-hydrogen) atoms. The van der Waals surface area contributed by atoms with Gasteiger partial charge in [-0.2, -0.15) is 4.98 Å². The fourth-order valence-electron chi connectivity index (χ4n) is 1.19. The second kappa shape index (κ2) is 4.44. The minimum atomic E-state index is 0.385. The van der Waals surface area contributed by atoms with E-state index in [0.29, 0.717) is 30.0 Å². The van der Waals surface area contributed by atoms with Crippen molar-refractivity contribution in [1.82, 2.24) is 20.6 Å². The van der Waals surface area contributed by atoms with Crippen molar-refractivity contribution in [3.05, 3.63) is 17.7 Å². The van der Waals surface area contributed by atoms with Crippen LogP contribution in [0.25, 0.3) is 11.6 Å². The zero-order valence-corrected chi connectivity index (χ0v) is 9.52. The highest BCUT2D eigenvalue weighted by Gasteiger charge is 2.12. The maximum atomic E-state index is 5.07. The zero-order chi connectivity index (χ0) is 11.5. The number of hydrogen-bond donors (Lipinski definition) is 1. The van der Waals surface area contributed by atoms with Crippen LogP contribution in [0.3, 0.4) is 0 Å². The molecule has 0 bridgehead atoms. The molecule has 0 saturated carbocycles. The molecule has 2 aromatic heterocycles. The van der Waals surface area contributed by atoms with Gasteiger partial charge >= 0.3 is 0 Å². The quantitative estimate of drug-likeness (QED) is 0.845. The summed E-state index contributed by atoms with van der Waals surface area (Å²) in [7, 11) is 0. The number of nitrogens with one attached hydrogen (secondary N) is 1. The summed E-state index contributed by atoms with van der Waals surface area (Å²) in [6.07, 6.45) is 0. The molecule has 86 valence electrons. The van der Waals surface area contributed by atoms with Crippen LogP contribution in [0, 0.1) is 6.92 Å². The van der Waals surface area contributed by atoms with E-state index in [0.717, 1.165) is 5.76 Å². The summed E-state index contributed by atoms with van der Waals surface area (Å²) in [5, 5.41) is 10.8. The van der Waals surface area contributed by atoms with Crippen molar-refractivity contribution in [1.29, 1.82) is 0 Å². The van der Waals surface area contributed by atoms with Crippen molar-refractivity contribution in [2.24, 2.45) is 0 Å². The fourth-order valence-corrected chi connectivity index (χ4v) is 1.19. The standard InChI is InChI=1S/C10H14N4O2/c1-6(2)11-5-9-12-10(16-14-9)8-4-7(3)15-13-8/h4,6,11H,5H2,1-3H3. The molecule has 0 fully saturated rings. The largest absolute Gasteiger partial charge is 0.361 e. The van der Waals surface area contributed by atoms with E-state index in [4.69, 9.17) is 9.05 Å². The molecule has 0 radical (unpaired) electrons. The van der Waals surface area contributed by atoms with Gasteiger partial charge in [-0.1, -0.05) is 24.2 Å². The topological polar surface area (TPSA) is 77.0 Å². The van der Waals surface area contributed by atoms with E-state index >= 15 is 0 Å². The van der Waals surface area contributed by atoms with Crippen LogP contribution in [0.5, 0.6) is 0 Å². The molecule has 0 aromatic carbocycles. The van der Waals surface area contributed by atoms with Crippen LogP contribution < -0.4 is 5.32 Å². The highest BCUT2D eigenvalue weighted by molar-refractivity contribution is 5.45. The summed E-state index contributed by atoms with van der Waals surface area (Å²) in [5.41, 5.74) is 0.570. The van der Waals surface area contributed by atoms with Crippen LogP contribution in [-0.4, -0.2) is 21.3 Å². The van der Waals surface area contributed by atoms with Crippen LogP contribution in [0.1, 0.15) is 25.4 Å². The minimum absolute atomic E-state index is 0.385. The lowest BCUT2D eigenvalue weighted by atomic mass is 10.4. The first-order chi connectivity index (χ1) is 7.65. The van der Waals surface area contributed by atoms with Gasteiger partial charge in [-0.15, -0.1) is 0 Å². The molecular formula is C10H14N4O2. The summed E-state index contributed by atoms with van der Waals surface area (Å²) in [6, 6.07) is 2.14. The summed E-state index contributed by atoms with van der Waals surface area (Å²) < 4.78 is 10.0. The first-order valence-electron chi connectivity index (χ1n) is 5.15. The van der Waals surface area contributed by atoms with E-state index < -0.39 is 0 Å². The molecule has 0 unspecified atom stereocenters. The number of nitrogens with zero attached hydrogens (tertiary/aromatic N) is 3. The number of hydrogen-bond acceptors (Lipinski definition) is 6. The van der Waals surface area contributed by atoms with Gasteiger partial charge in [0.1, 0.15) is 5.76 Å². The fraction of sp³-hybridized carbons (Fsp3) is 0.500. The monoisotopic (exact) mass is 222 g/mol. The van der Waals surface area contributed by atoms with Crippen molar-refractivity contribution >= 4 is 0 Å². The Morgan fingerprint density at radius 2 is 2.12 bits per heavy atom. The van der Waals surface area contributed by atoms with Crippen molar-refractivity contribution in [2.45, 2.75) is 33.4 Å². The average Bonchev–Trinajstić information content (AvgIpc) is 2.83. The van der Waals surface area contributed by atoms with E-state index in [1.54, 1.807) is 6.07 Å².